The van der Waals surface area contributed by atoms with E-state index in [1.54, 1.807) is 0 Å². The van der Waals surface area contributed by atoms with Crippen molar-refractivity contribution in [3.63, 3.8) is 0 Å². The number of rotatable bonds is 0. The van der Waals surface area contributed by atoms with Gasteiger partial charge >= 0.3 is 68.2 Å². The molecule has 0 heterocycles. The summed E-state index contributed by atoms with van der Waals surface area (Å²) in [6, 6.07) is 0. The molecule has 0 aliphatic rings. The van der Waals surface area contributed by atoms with Crippen LogP contribution in [0.15, 0.2) is 10.7 Å². The quantitative estimate of drug-likeness (QED) is 0.242. The zero-order valence-electron chi connectivity index (χ0n) is 4.86. The molecule has 0 fully saturated rings. The van der Waals surface area contributed by atoms with Crippen molar-refractivity contribution in [1.82, 2.24) is 0 Å². The Morgan fingerprint density at radius 1 is 1.12 bits per heavy atom. The van der Waals surface area contributed by atoms with E-state index in [2.05, 4.69) is 0 Å². The molecule has 0 saturated carbocycles. The third-order valence-electron chi connectivity index (χ3n) is 0. The summed E-state index contributed by atoms with van der Waals surface area (Å²) >= 11 is 0. The van der Waals surface area contributed by atoms with Gasteiger partial charge in [0.05, 0.1) is 0 Å². The minimum atomic E-state index is 0. The average molecular weight is 191 g/mol. The van der Waals surface area contributed by atoms with Gasteiger partial charge in [0.25, 0.3) is 0 Å². The summed E-state index contributed by atoms with van der Waals surface area (Å²) in [5.41, 5.74) is 0. The normalized spacial score (nSPS) is 3.00. The van der Waals surface area contributed by atoms with E-state index in [0.29, 0.717) is 0 Å². The molecule has 0 aromatic rings. The summed E-state index contributed by atoms with van der Waals surface area (Å²) in [6.45, 7) is 0. The van der Waals surface area contributed by atoms with E-state index < -0.39 is 0 Å². The Morgan fingerprint density at radius 2 is 1.12 bits per heavy atom. The molecule has 0 bridgehead atoms. The summed E-state index contributed by atoms with van der Waals surface area (Å²) in [5, 5.41) is 18.0. The van der Waals surface area contributed by atoms with Crippen molar-refractivity contribution in [2.24, 2.45) is 10.7 Å². The van der Waals surface area contributed by atoms with Crippen LogP contribution >= 0.6 is 0 Å². The van der Waals surface area contributed by atoms with Crippen molar-refractivity contribution in [3.05, 3.63) is 20.2 Å². The van der Waals surface area contributed by atoms with Gasteiger partial charge in [-0.3, -0.25) is 0 Å². The largest absolute Gasteiger partial charge is 2.00 e. The SMILES string of the molecule is O=N[O-].O=N[O-].[Co+2].[H-].[K+]. The van der Waals surface area contributed by atoms with Crippen LogP contribution in [0.4, 0.5) is 0 Å². The Kier molecular flexibility index (Phi) is 128. The molecule has 0 saturated heterocycles. The number of nitrogens with zero attached hydrogens (tertiary/aromatic N) is 2. The molecule has 0 N–H and O–H groups in total. The standard InChI is InChI=1S/Co.K.2HNO2.H/c;;2*2-1-3;/h;;2*(H,2,3);/q+2;+1;;;-1/p-2. The minimum absolute atomic E-state index is 0. The first-order valence-electron chi connectivity index (χ1n) is 0.730. The van der Waals surface area contributed by atoms with Crippen molar-refractivity contribution in [1.29, 1.82) is 0 Å². The third kappa shape index (κ3) is 276. The van der Waals surface area contributed by atoms with Gasteiger partial charge in [0, 0.05) is 0 Å². The van der Waals surface area contributed by atoms with E-state index in [0.717, 1.165) is 10.7 Å². The van der Waals surface area contributed by atoms with Crippen LogP contribution in [-0.2, 0) is 16.8 Å². The van der Waals surface area contributed by atoms with Crippen LogP contribution in [0.2, 0.25) is 0 Å². The zero-order chi connectivity index (χ0) is 5.41. The molecule has 0 aliphatic heterocycles. The first kappa shape index (κ1) is 23.1. The first-order valence-corrected chi connectivity index (χ1v) is 0.730. The second-order valence-electron chi connectivity index (χ2n) is 0.149. The fraction of sp³-hybridized carbons (Fsp3) is 0. The van der Waals surface area contributed by atoms with E-state index in [-0.39, 0.29) is 69.6 Å². The van der Waals surface area contributed by atoms with Gasteiger partial charge in [0.2, 0.25) is 0 Å². The van der Waals surface area contributed by atoms with Crippen LogP contribution in [0.1, 0.15) is 1.43 Å². The molecule has 1 radical (unpaired) electrons. The summed E-state index contributed by atoms with van der Waals surface area (Å²) in [4.78, 5) is 16.0. The van der Waals surface area contributed by atoms with E-state index in [1.807, 2.05) is 0 Å². The maximum Gasteiger partial charge on any atom is 2.00 e. The Morgan fingerprint density at radius 3 is 1.12 bits per heavy atom. The Bertz CT molecular complexity index is 39.5. The van der Waals surface area contributed by atoms with Gasteiger partial charge in [0.1, 0.15) is 0 Å². The van der Waals surface area contributed by atoms with Crippen LogP contribution in [0.25, 0.3) is 0 Å². The monoisotopic (exact) mass is 191 g/mol. The molecule has 0 aromatic heterocycles. The van der Waals surface area contributed by atoms with E-state index >= 15 is 0 Å². The maximum atomic E-state index is 8.00. The van der Waals surface area contributed by atoms with Gasteiger partial charge in [-0.25, -0.2) is 0 Å². The van der Waals surface area contributed by atoms with Gasteiger partial charge in [-0.1, -0.05) is 0 Å². The molecular formula is HCoKN2O4. The molecule has 0 aromatic carbocycles. The van der Waals surface area contributed by atoms with Gasteiger partial charge in [-0.15, -0.1) is 10.7 Å². The molecule has 0 aliphatic carbocycles. The van der Waals surface area contributed by atoms with Gasteiger partial charge in [-0.05, 0) is 0 Å². The van der Waals surface area contributed by atoms with E-state index in [4.69, 9.17) is 20.2 Å². The second-order valence-corrected chi connectivity index (χ2v) is 0.149. The molecule has 0 amide bonds. The van der Waals surface area contributed by atoms with Gasteiger partial charge in [-0.2, -0.15) is 0 Å². The van der Waals surface area contributed by atoms with Crippen LogP contribution < -0.4 is 51.4 Å². The van der Waals surface area contributed by atoms with Crippen molar-refractivity contribution in [2.45, 2.75) is 0 Å². The topological polar surface area (TPSA) is 105 Å². The van der Waals surface area contributed by atoms with Crippen molar-refractivity contribution in [3.8, 4) is 0 Å². The van der Waals surface area contributed by atoms with Crippen LogP contribution in [0, 0.1) is 20.2 Å². The van der Waals surface area contributed by atoms with Crippen molar-refractivity contribution in [2.75, 3.05) is 0 Å². The van der Waals surface area contributed by atoms with Crippen LogP contribution in [0.5, 0.6) is 0 Å². The Hall–Kier alpha value is 0.943. The molecule has 8 heavy (non-hydrogen) atoms. The fourth-order valence-electron chi connectivity index (χ4n) is 0. The minimum Gasteiger partial charge on any atom is -1.00 e. The van der Waals surface area contributed by atoms with Crippen molar-refractivity contribution >= 4 is 0 Å². The second kappa shape index (κ2) is 44.2. The molecule has 0 rings (SSSR count). The summed E-state index contributed by atoms with van der Waals surface area (Å²) in [5.74, 6) is 0. The molecular weight excluding hydrogens is 190 g/mol. The first-order chi connectivity index (χ1) is 2.83. The molecule has 0 unspecified atom stereocenters. The predicted octanol–water partition coefficient (Wildman–Crippen LogP) is -2.38. The predicted molar refractivity (Wildman–Crippen MR) is 19.4 cm³/mol. The number of hydrogen-bond acceptors (Lipinski definition) is 6. The summed E-state index contributed by atoms with van der Waals surface area (Å²) < 4.78 is 0. The number of hydrogen-bond donors (Lipinski definition) is 0. The molecule has 0 atom stereocenters. The Labute approximate surface area is 99.0 Å². The average Bonchev–Trinajstić information content (AvgIpc) is 1.39. The van der Waals surface area contributed by atoms with Crippen LogP contribution in [-0.4, -0.2) is 0 Å². The molecule has 6 nitrogen and oxygen atoms in total. The van der Waals surface area contributed by atoms with Gasteiger partial charge in [0.15, 0.2) is 0 Å². The molecule has 8 heteroatoms. The molecule has 45 valence electrons. The summed E-state index contributed by atoms with van der Waals surface area (Å²) in [6.07, 6.45) is 0. The zero-order valence-corrected chi connectivity index (χ0v) is 8.02. The fourth-order valence-corrected chi connectivity index (χ4v) is 0. The van der Waals surface area contributed by atoms with E-state index in [9.17, 15) is 0 Å². The van der Waals surface area contributed by atoms with Gasteiger partial charge < -0.3 is 21.7 Å². The van der Waals surface area contributed by atoms with Crippen molar-refractivity contribution < 1.29 is 69.6 Å². The Balaban J connectivity index is -0.00000000889. The maximum absolute atomic E-state index is 8.00. The van der Waals surface area contributed by atoms with Crippen LogP contribution in [0.3, 0.4) is 0 Å². The van der Waals surface area contributed by atoms with E-state index in [1.165, 1.54) is 0 Å². The summed E-state index contributed by atoms with van der Waals surface area (Å²) in [7, 11) is 0. The third-order valence-corrected chi connectivity index (χ3v) is 0. The molecule has 0 spiro atoms. The smallest absolute Gasteiger partial charge is 1.00 e.